The molecule has 0 spiro atoms. The van der Waals surface area contributed by atoms with Crippen molar-refractivity contribution in [2.75, 3.05) is 45.1 Å². The molecule has 0 aliphatic rings. The van der Waals surface area contributed by atoms with Crippen molar-refractivity contribution in [1.29, 1.82) is 0 Å². The van der Waals surface area contributed by atoms with E-state index in [0.29, 0.717) is 29.0 Å². The lowest BCUT2D eigenvalue weighted by molar-refractivity contribution is 0.272. The Balaban J connectivity index is 2.22. The maximum Gasteiger partial charge on any atom is 0.258 e. The molecule has 0 saturated heterocycles. The standard InChI is InChI=1S/C27H35N2O4P/c1-20(2)19-33-34(30,24-15-12-22(13-16-24)29(3)4)27(28-21-10-8-7-9-11-21)25-18-23(31-5)14-17-26(25)32-6/h7-18,20,27-28H,19H2,1-6H3/t27-,34+/m1/s1. The van der Waals surface area contributed by atoms with Crippen LogP contribution in [0.3, 0.4) is 0 Å². The van der Waals surface area contributed by atoms with Crippen LogP contribution >= 0.6 is 7.37 Å². The number of ether oxygens (including phenoxy) is 2. The zero-order valence-electron chi connectivity index (χ0n) is 20.8. The molecule has 0 aromatic heterocycles. The van der Waals surface area contributed by atoms with Crippen LogP contribution in [0.25, 0.3) is 0 Å². The maximum atomic E-state index is 15.0. The van der Waals surface area contributed by atoms with Crippen molar-refractivity contribution < 1.29 is 18.6 Å². The average Bonchev–Trinajstić information content (AvgIpc) is 2.86. The summed E-state index contributed by atoms with van der Waals surface area (Å²) >= 11 is 0. The van der Waals surface area contributed by atoms with Gasteiger partial charge in [0.2, 0.25) is 0 Å². The summed E-state index contributed by atoms with van der Waals surface area (Å²) in [6, 6.07) is 22.9. The van der Waals surface area contributed by atoms with Gasteiger partial charge in [-0.05, 0) is 60.5 Å². The van der Waals surface area contributed by atoms with Crippen LogP contribution in [0.4, 0.5) is 11.4 Å². The summed E-state index contributed by atoms with van der Waals surface area (Å²) < 4.78 is 32.5. The van der Waals surface area contributed by atoms with Crippen LogP contribution in [-0.2, 0) is 9.09 Å². The molecule has 0 amide bonds. The molecule has 34 heavy (non-hydrogen) atoms. The SMILES string of the molecule is COc1ccc(OC)c([C@H](Nc2ccccc2)[P@@](=O)(OCC(C)C)c2ccc(N(C)C)cc2)c1. The summed E-state index contributed by atoms with van der Waals surface area (Å²) in [6.07, 6.45) is 0. The number of rotatable bonds is 11. The third kappa shape index (κ3) is 5.94. The molecule has 2 atom stereocenters. The van der Waals surface area contributed by atoms with Crippen molar-refractivity contribution in [3.8, 4) is 11.5 Å². The van der Waals surface area contributed by atoms with Crippen LogP contribution in [0, 0.1) is 5.92 Å². The van der Waals surface area contributed by atoms with Crippen LogP contribution in [-0.4, -0.2) is 34.9 Å². The van der Waals surface area contributed by atoms with Gasteiger partial charge in [-0.2, -0.15) is 0 Å². The van der Waals surface area contributed by atoms with Crippen LogP contribution < -0.4 is 25.0 Å². The summed E-state index contributed by atoms with van der Waals surface area (Å²) in [5.41, 5.74) is 2.55. The van der Waals surface area contributed by atoms with E-state index in [0.717, 1.165) is 11.4 Å². The van der Waals surface area contributed by atoms with Gasteiger partial charge in [0.1, 0.15) is 17.3 Å². The van der Waals surface area contributed by atoms with E-state index in [-0.39, 0.29) is 5.92 Å². The third-order valence-electron chi connectivity index (χ3n) is 5.47. The second-order valence-electron chi connectivity index (χ2n) is 8.72. The minimum atomic E-state index is -3.51. The molecule has 0 heterocycles. The van der Waals surface area contributed by atoms with Gasteiger partial charge >= 0.3 is 0 Å². The highest BCUT2D eigenvalue weighted by Gasteiger charge is 2.40. The summed E-state index contributed by atoms with van der Waals surface area (Å²) in [6.45, 7) is 4.45. The molecule has 3 aromatic carbocycles. The highest BCUT2D eigenvalue weighted by molar-refractivity contribution is 7.67. The van der Waals surface area contributed by atoms with Gasteiger partial charge in [-0.1, -0.05) is 32.0 Å². The van der Waals surface area contributed by atoms with Gasteiger partial charge in [0.05, 0.1) is 20.8 Å². The molecule has 0 radical (unpaired) electrons. The molecule has 0 unspecified atom stereocenters. The van der Waals surface area contributed by atoms with Gasteiger partial charge in [-0.15, -0.1) is 0 Å². The molecular formula is C27H35N2O4P. The Hall–Kier alpha value is -2.95. The number of nitrogens with one attached hydrogen (secondary N) is 1. The van der Waals surface area contributed by atoms with Crippen LogP contribution in [0.1, 0.15) is 25.2 Å². The van der Waals surface area contributed by atoms with Crippen LogP contribution in [0.5, 0.6) is 11.5 Å². The monoisotopic (exact) mass is 482 g/mol. The minimum absolute atomic E-state index is 0.207. The zero-order valence-corrected chi connectivity index (χ0v) is 21.7. The first kappa shape index (κ1) is 25.7. The fourth-order valence-electron chi connectivity index (χ4n) is 3.61. The topological polar surface area (TPSA) is 60.0 Å². The molecule has 6 nitrogen and oxygen atoms in total. The molecular weight excluding hydrogens is 447 g/mol. The lowest BCUT2D eigenvalue weighted by Crippen LogP contribution is -2.22. The van der Waals surface area contributed by atoms with Gasteiger partial charge in [0, 0.05) is 36.3 Å². The van der Waals surface area contributed by atoms with Crippen molar-refractivity contribution in [3.05, 3.63) is 78.4 Å². The Kier molecular flexibility index (Phi) is 8.65. The maximum absolute atomic E-state index is 15.0. The number of anilines is 2. The molecule has 0 fully saturated rings. The fourth-order valence-corrected chi connectivity index (χ4v) is 6.18. The highest BCUT2D eigenvalue weighted by atomic mass is 31.2. The summed E-state index contributed by atoms with van der Waals surface area (Å²) in [7, 11) is 3.66. The molecule has 7 heteroatoms. The van der Waals surface area contributed by atoms with E-state index in [1.165, 1.54) is 0 Å². The van der Waals surface area contributed by atoms with Gasteiger partial charge in [0.15, 0.2) is 0 Å². The quantitative estimate of drug-likeness (QED) is 0.331. The average molecular weight is 483 g/mol. The number of hydrogen-bond acceptors (Lipinski definition) is 6. The van der Waals surface area contributed by atoms with Gasteiger partial charge in [-0.3, -0.25) is 4.57 Å². The largest absolute Gasteiger partial charge is 0.497 e. The first-order valence-corrected chi connectivity index (χ1v) is 13.0. The Morgan fingerprint density at radius 2 is 1.59 bits per heavy atom. The molecule has 0 bridgehead atoms. The minimum Gasteiger partial charge on any atom is -0.497 e. The Bertz CT molecular complexity index is 1100. The van der Waals surface area contributed by atoms with Crippen molar-refractivity contribution >= 4 is 24.0 Å². The normalized spacial score (nSPS) is 13.7. The smallest absolute Gasteiger partial charge is 0.258 e. The van der Waals surface area contributed by atoms with Gasteiger partial charge in [0.25, 0.3) is 7.37 Å². The third-order valence-corrected chi connectivity index (χ3v) is 8.11. The Morgan fingerprint density at radius 3 is 2.15 bits per heavy atom. The second-order valence-corrected chi connectivity index (χ2v) is 11.2. The number of nitrogens with zero attached hydrogens (tertiary/aromatic N) is 1. The van der Waals surface area contributed by atoms with Gasteiger partial charge < -0.3 is 24.2 Å². The van der Waals surface area contributed by atoms with E-state index < -0.39 is 13.2 Å². The number of para-hydroxylation sites is 1. The van der Waals surface area contributed by atoms with E-state index in [1.54, 1.807) is 14.2 Å². The molecule has 3 rings (SSSR count). The second kappa shape index (κ2) is 11.5. The lowest BCUT2D eigenvalue weighted by atomic mass is 10.1. The van der Waals surface area contributed by atoms with E-state index in [1.807, 2.05) is 106 Å². The first-order chi connectivity index (χ1) is 16.3. The predicted octanol–water partition coefficient (Wildman–Crippen LogP) is 6.16. The lowest BCUT2D eigenvalue weighted by Gasteiger charge is -2.31. The zero-order chi connectivity index (χ0) is 24.7. The predicted molar refractivity (Wildman–Crippen MR) is 141 cm³/mol. The highest BCUT2D eigenvalue weighted by Crippen LogP contribution is 2.61. The summed E-state index contributed by atoms with van der Waals surface area (Å²) in [5.74, 6) is 0.754. The Labute approximate surface area is 203 Å². The van der Waals surface area contributed by atoms with Crippen LogP contribution in [0.2, 0.25) is 0 Å². The fraction of sp³-hybridized carbons (Fsp3) is 0.333. The molecule has 0 aliphatic carbocycles. The summed E-state index contributed by atoms with van der Waals surface area (Å²) in [5, 5.41) is 4.12. The molecule has 182 valence electrons. The molecule has 1 N–H and O–H groups in total. The van der Waals surface area contributed by atoms with Crippen LogP contribution in [0.15, 0.2) is 72.8 Å². The molecule has 0 aliphatic heterocycles. The molecule has 0 saturated carbocycles. The van der Waals surface area contributed by atoms with Crippen molar-refractivity contribution in [3.63, 3.8) is 0 Å². The number of benzene rings is 3. The van der Waals surface area contributed by atoms with E-state index >= 15 is 0 Å². The van der Waals surface area contributed by atoms with Gasteiger partial charge in [-0.25, -0.2) is 0 Å². The first-order valence-electron chi connectivity index (χ1n) is 11.3. The van der Waals surface area contributed by atoms with E-state index in [9.17, 15) is 4.57 Å². The van der Waals surface area contributed by atoms with Crippen molar-refractivity contribution in [2.24, 2.45) is 5.92 Å². The van der Waals surface area contributed by atoms with E-state index in [4.69, 9.17) is 14.0 Å². The Morgan fingerprint density at radius 1 is 0.912 bits per heavy atom. The van der Waals surface area contributed by atoms with Crippen molar-refractivity contribution in [1.82, 2.24) is 0 Å². The van der Waals surface area contributed by atoms with Crippen molar-refractivity contribution in [2.45, 2.75) is 19.6 Å². The number of hydrogen-bond donors (Lipinski definition) is 1. The summed E-state index contributed by atoms with van der Waals surface area (Å²) in [4.78, 5) is 2.01. The van der Waals surface area contributed by atoms with E-state index in [2.05, 4.69) is 5.32 Å². The number of methoxy groups -OCH3 is 2. The molecule has 3 aromatic rings.